The van der Waals surface area contributed by atoms with E-state index in [4.69, 9.17) is 5.26 Å². The molecular weight excluding hydrogens is 152 g/mol. The SMILES string of the molecule is CNC(C#N)Cn1ccc(C)n1. The van der Waals surface area contributed by atoms with E-state index in [1.165, 1.54) is 0 Å². The van der Waals surface area contributed by atoms with Crippen LogP contribution < -0.4 is 5.32 Å². The van der Waals surface area contributed by atoms with E-state index in [9.17, 15) is 0 Å². The van der Waals surface area contributed by atoms with Crippen molar-refractivity contribution in [1.82, 2.24) is 15.1 Å². The molecule has 0 spiro atoms. The zero-order valence-corrected chi connectivity index (χ0v) is 7.28. The van der Waals surface area contributed by atoms with Gasteiger partial charge in [-0.05, 0) is 20.0 Å². The van der Waals surface area contributed by atoms with E-state index in [1.807, 2.05) is 19.2 Å². The minimum atomic E-state index is -0.163. The van der Waals surface area contributed by atoms with Crippen molar-refractivity contribution >= 4 is 0 Å². The van der Waals surface area contributed by atoms with Gasteiger partial charge in [0.15, 0.2) is 0 Å². The quantitative estimate of drug-likeness (QED) is 0.699. The molecule has 0 fully saturated rings. The molecule has 0 saturated carbocycles. The first kappa shape index (κ1) is 8.75. The van der Waals surface area contributed by atoms with Crippen molar-refractivity contribution in [3.05, 3.63) is 18.0 Å². The average Bonchev–Trinajstić information content (AvgIpc) is 2.47. The number of nitrogens with zero attached hydrogens (tertiary/aromatic N) is 3. The van der Waals surface area contributed by atoms with Gasteiger partial charge < -0.3 is 5.32 Å². The summed E-state index contributed by atoms with van der Waals surface area (Å²) in [5.74, 6) is 0. The van der Waals surface area contributed by atoms with Crippen LogP contribution in [0.2, 0.25) is 0 Å². The zero-order chi connectivity index (χ0) is 8.97. The van der Waals surface area contributed by atoms with E-state index in [2.05, 4.69) is 16.5 Å². The predicted molar refractivity (Wildman–Crippen MR) is 45.4 cm³/mol. The Labute approximate surface area is 71.8 Å². The van der Waals surface area contributed by atoms with Crippen molar-refractivity contribution < 1.29 is 0 Å². The molecule has 4 nitrogen and oxygen atoms in total. The van der Waals surface area contributed by atoms with Gasteiger partial charge in [0, 0.05) is 6.20 Å². The monoisotopic (exact) mass is 164 g/mol. The molecule has 0 aromatic carbocycles. The molecule has 1 aromatic heterocycles. The summed E-state index contributed by atoms with van der Waals surface area (Å²) in [7, 11) is 1.77. The summed E-state index contributed by atoms with van der Waals surface area (Å²) in [6, 6.07) is 3.90. The highest BCUT2D eigenvalue weighted by molar-refractivity contribution is 4.97. The molecule has 12 heavy (non-hydrogen) atoms. The fourth-order valence-corrected chi connectivity index (χ4v) is 0.949. The van der Waals surface area contributed by atoms with Crippen LogP contribution in [-0.4, -0.2) is 22.9 Å². The fraction of sp³-hybridized carbons (Fsp3) is 0.500. The van der Waals surface area contributed by atoms with E-state index in [1.54, 1.807) is 11.7 Å². The molecule has 0 aliphatic heterocycles. The van der Waals surface area contributed by atoms with Gasteiger partial charge in [0.05, 0.1) is 18.3 Å². The molecule has 64 valence electrons. The third-order valence-corrected chi connectivity index (χ3v) is 1.65. The molecule has 0 amide bonds. The lowest BCUT2D eigenvalue weighted by molar-refractivity contribution is 0.520. The lowest BCUT2D eigenvalue weighted by Crippen LogP contribution is -2.28. The number of aromatic nitrogens is 2. The molecule has 1 aromatic rings. The number of nitrogens with one attached hydrogen (secondary N) is 1. The number of hydrogen-bond acceptors (Lipinski definition) is 3. The van der Waals surface area contributed by atoms with Crippen LogP contribution in [0.1, 0.15) is 5.69 Å². The molecule has 0 bridgehead atoms. The third-order valence-electron chi connectivity index (χ3n) is 1.65. The van der Waals surface area contributed by atoms with Gasteiger partial charge in [0.25, 0.3) is 0 Å². The normalized spacial score (nSPS) is 12.4. The van der Waals surface area contributed by atoms with Crippen LogP contribution in [0.15, 0.2) is 12.3 Å². The lowest BCUT2D eigenvalue weighted by Gasteiger charge is -2.06. The van der Waals surface area contributed by atoms with Gasteiger partial charge >= 0.3 is 0 Å². The highest BCUT2D eigenvalue weighted by Crippen LogP contribution is 1.94. The largest absolute Gasteiger partial charge is 0.303 e. The summed E-state index contributed by atoms with van der Waals surface area (Å²) in [6.07, 6.45) is 1.87. The molecule has 1 unspecified atom stereocenters. The summed E-state index contributed by atoms with van der Waals surface area (Å²) >= 11 is 0. The Bertz CT molecular complexity index is 283. The van der Waals surface area contributed by atoms with Crippen LogP contribution in [-0.2, 0) is 6.54 Å². The second-order valence-electron chi connectivity index (χ2n) is 2.65. The lowest BCUT2D eigenvalue weighted by atomic mass is 10.3. The molecule has 0 radical (unpaired) electrons. The smallest absolute Gasteiger partial charge is 0.115 e. The minimum Gasteiger partial charge on any atom is -0.303 e. The van der Waals surface area contributed by atoms with E-state index in [0.29, 0.717) is 6.54 Å². The minimum absolute atomic E-state index is 0.163. The number of likely N-dealkylation sites (N-methyl/N-ethyl adjacent to an activating group) is 1. The van der Waals surface area contributed by atoms with Gasteiger partial charge in [0.2, 0.25) is 0 Å². The zero-order valence-electron chi connectivity index (χ0n) is 7.28. The maximum absolute atomic E-state index is 8.64. The highest BCUT2D eigenvalue weighted by atomic mass is 15.3. The van der Waals surface area contributed by atoms with Crippen LogP contribution in [0.5, 0.6) is 0 Å². The van der Waals surface area contributed by atoms with Gasteiger partial charge in [0.1, 0.15) is 6.04 Å². The van der Waals surface area contributed by atoms with Gasteiger partial charge in [-0.25, -0.2) is 0 Å². The third kappa shape index (κ3) is 2.07. The number of hydrogen-bond donors (Lipinski definition) is 1. The number of rotatable bonds is 3. The molecule has 1 rings (SSSR count). The van der Waals surface area contributed by atoms with Crippen molar-refractivity contribution in [1.29, 1.82) is 5.26 Å². The molecule has 1 heterocycles. The summed E-state index contributed by atoms with van der Waals surface area (Å²) in [6.45, 7) is 2.53. The maximum Gasteiger partial charge on any atom is 0.115 e. The van der Waals surface area contributed by atoms with Crippen molar-refractivity contribution in [2.75, 3.05) is 7.05 Å². The fourth-order valence-electron chi connectivity index (χ4n) is 0.949. The Morgan fingerprint density at radius 3 is 3.00 bits per heavy atom. The van der Waals surface area contributed by atoms with Crippen molar-refractivity contribution in [2.45, 2.75) is 19.5 Å². The molecule has 1 N–H and O–H groups in total. The van der Waals surface area contributed by atoms with E-state index >= 15 is 0 Å². The standard InChI is InChI=1S/C8H12N4/c1-7-3-4-12(11-7)6-8(5-9)10-2/h3-4,8,10H,6H2,1-2H3. The van der Waals surface area contributed by atoms with Crippen molar-refractivity contribution in [3.63, 3.8) is 0 Å². The van der Waals surface area contributed by atoms with Gasteiger partial charge in [-0.15, -0.1) is 0 Å². The molecule has 1 atom stereocenters. The van der Waals surface area contributed by atoms with Gasteiger partial charge in [-0.2, -0.15) is 10.4 Å². The van der Waals surface area contributed by atoms with Crippen LogP contribution in [0, 0.1) is 18.3 Å². The summed E-state index contributed by atoms with van der Waals surface area (Å²) in [5.41, 5.74) is 0.975. The maximum atomic E-state index is 8.64. The first-order valence-electron chi connectivity index (χ1n) is 3.83. The van der Waals surface area contributed by atoms with Crippen LogP contribution in [0.4, 0.5) is 0 Å². The number of nitriles is 1. The summed E-state index contributed by atoms with van der Waals surface area (Å²) < 4.78 is 1.76. The van der Waals surface area contributed by atoms with Gasteiger partial charge in [-0.3, -0.25) is 4.68 Å². The molecule has 0 aliphatic carbocycles. The Kier molecular flexibility index (Phi) is 2.83. The van der Waals surface area contributed by atoms with Crippen LogP contribution >= 0.6 is 0 Å². The second-order valence-corrected chi connectivity index (χ2v) is 2.65. The second kappa shape index (κ2) is 3.88. The Balaban J connectivity index is 2.58. The van der Waals surface area contributed by atoms with Gasteiger partial charge in [-0.1, -0.05) is 0 Å². The Hall–Kier alpha value is -1.34. The predicted octanol–water partition coefficient (Wildman–Crippen LogP) is 0.303. The first-order valence-corrected chi connectivity index (χ1v) is 3.83. The average molecular weight is 164 g/mol. The van der Waals surface area contributed by atoms with E-state index in [0.717, 1.165) is 5.69 Å². The van der Waals surface area contributed by atoms with Crippen LogP contribution in [0.3, 0.4) is 0 Å². The van der Waals surface area contributed by atoms with E-state index < -0.39 is 0 Å². The summed E-state index contributed by atoms with van der Waals surface area (Å²) in [4.78, 5) is 0. The molecule has 0 saturated heterocycles. The Morgan fingerprint density at radius 2 is 2.58 bits per heavy atom. The molecule has 4 heteroatoms. The topological polar surface area (TPSA) is 53.6 Å². The van der Waals surface area contributed by atoms with Crippen molar-refractivity contribution in [3.8, 4) is 6.07 Å². The first-order chi connectivity index (χ1) is 5.76. The highest BCUT2D eigenvalue weighted by Gasteiger charge is 2.04. The van der Waals surface area contributed by atoms with E-state index in [-0.39, 0.29) is 6.04 Å². The van der Waals surface area contributed by atoms with Crippen LogP contribution in [0.25, 0.3) is 0 Å². The molecule has 0 aliphatic rings. The van der Waals surface area contributed by atoms with Crippen molar-refractivity contribution in [2.24, 2.45) is 0 Å². The number of aryl methyl sites for hydroxylation is 1. The molecular formula is C8H12N4. The summed E-state index contributed by atoms with van der Waals surface area (Å²) in [5, 5.41) is 15.7. The Morgan fingerprint density at radius 1 is 1.83 bits per heavy atom.